The van der Waals surface area contributed by atoms with Gasteiger partial charge in [-0.25, -0.2) is 19.7 Å². The zero-order valence-electron chi connectivity index (χ0n) is 10.9. The highest BCUT2D eigenvalue weighted by atomic mass is 32.2. The number of hydrogen-bond donors (Lipinski definition) is 2. The summed E-state index contributed by atoms with van der Waals surface area (Å²) in [6.45, 7) is -0.302. The van der Waals surface area contributed by atoms with Gasteiger partial charge in [0.25, 0.3) is 0 Å². The number of carboxylic acids is 1. The van der Waals surface area contributed by atoms with E-state index in [9.17, 15) is 19.8 Å². The monoisotopic (exact) mass is 319 g/mol. The fourth-order valence-electron chi connectivity index (χ4n) is 2.57. The van der Waals surface area contributed by atoms with Crippen molar-refractivity contribution in [3.63, 3.8) is 0 Å². The van der Waals surface area contributed by atoms with Gasteiger partial charge in [-0.05, 0) is 0 Å². The first-order chi connectivity index (χ1) is 10.6. The third-order valence-electron chi connectivity index (χ3n) is 3.63. The second-order valence-corrected chi connectivity index (χ2v) is 5.93. The quantitative estimate of drug-likeness (QED) is 0.727. The summed E-state index contributed by atoms with van der Waals surface area (Å²) >= 11 is 1.22. The molecule has 1 fully saturated rings. The number of hydrogen-bond acceptors (Lipinski definition) is 7. The largest absolute Gasteiger partial charge is 0.476 e. The summed E-state index contributed by atoms with van der Waals surface area (Å²) < 4.78 is 1.52. The molecule has 4 aliphatic rings. The molecule has 0 unspecified atom stereocenters. The number of aliphatic hydroxyl groups excluding tert-OH is 1. The van der Waals surface area contributed by atoms with Crippen LogP contribution in [0.1, 0.15) is 0 Å². The summed E-state index contributed by atoms with van der Waals surface area (Å²) in [4.78, 5) is 36.8. The number of rotatable bonds is 3. The maximum absolute atomic E-state index is 11.9. The molecule has 4 heterocycles. The Morgan fingerprint density at radius 2 is 2.18 bits per heavy atom. The van der Waals surface area contributed by atoms with Gasteiger partial charge in [-0.15, -0.1) is 0 Å². The van der Waals surface area contributed by atoms with E-state index in [0.29, 0.717) is 16.5 Å². The molecule has 4 rings (SSSR count). The van der Waals surface area contributed by atoms with Gasteiger partial charge in [-0.2, -0.15) is 0 Å². The molecule has 0 aromatic carbocycles. The van der Waals surface area contributed by atoms with Gasteiger partial charge in [0, 0.05) is 6.20 Å². The second-order valence-electron chi connectivity index (χ2n) is 4.83. The highest BCUT2D eigenvalue weighted by molar-refractivity contribution is 8.08. The molecule has 10 heteroatoms. The molecular formula is C12H9N5O4S. The fraction of sp³-hybridized carbons (Fsp3) is 0.250. The first-order valence-corrected chi connectivity index (χ1v) is 7.23. The van der Waals surface area contributed by atoms with Crippen LogP contribution in [-0.4, -0.2) is 58.5 Å². The normalized spacial score (nSPS) is 23.9. The molecule has 0 spiro atoms. The molecule has 0 radical (unpaired) electrons. The zero-order valence-corrected chi connectivity index (χ0v) is 11.8. The van der Waals surface area contributed by atoms with E-state index in [0.717, 1.165) is 0 Å². The van der Waals surface area contributed by atoms with Gasteiger partial charge in [0.15, 0.2) is 11.5 Å². The Bertz CT molecular complexity index is 803. The Hall–Kier alpha value is -2.46. The van der Waals surface area contributed by atoms with Gasteiger partial charge in [0.1, 0.15) is 28.8 Å². The van der Waals surface area contributed by atoms with Gasteiger partial charge < -0.3 is 10.2 Å². The zero-order chi connectivity index (χ0) is 15.4. The molecule has 9 nitrogen and oxygen atoms in total. The van der Waals surface area contributed by atoms with E-state index in [1.165, 1.54) is 33.9 Å². The van der Waals surface area contributed by atoms with Crippen molar-refractivity contribution in [1.29, 1.82) is 0 Å². The molecule has 4 aliphatic heterocycles. The highest BCUT2D eigenvalue weighted by Crippen LogP contribution is 2.50. The topological polar surface area (TPSA) is 121 Å². The van der Waals surface area contributed by atoms with Crippen LogP contribution in [-0.2, 0) is 9.59 Å². The number of amides is 1. The lowest BCUT2D eigenvalue weighted by Gasteiger charge is -2.40. The number of nitrogens with zero attached hydrogens (tertiary/aromatic N) is 5. The van der Waals surface area contributed by atoms with Gasteiger partial charge >= 0.3 is 5.97 Å². The van der Waals surface area contributed by atoms with Crippen molar-refractivity contribution < 1.29 is 19.8 Å². The molecule has 22 heavy (non-hydrogen) atoms. The number of imidazole rings is 1. The van der Waals surface area contributed by atoms with Crippen molar-refractivity contribution in [1.82, 2.24) is 24.4 Å². The van der Waals surface area contributed by atoms with Crippen LogP contribution < -0.4 is 0 Å². The molecule has 1 amide bonds. The minimum atomic E-state index is -1.20. The predicted molar refractivity (Wildman–Crippen MR) is 74.1 cm³/mol. The van der Waals surface area contributed by atoms with E-state index in [2.05, 4.69) is 15.0 Å². The lowest BCUT2D eigenvalue weighted by Crippen LogP contribution is -2.58. The summed E-state index contributed by atoms with van der Waals surface area (Å²) in [5.74, 6) is -1.69. The van der Waals surface area contributed by atoms with Crippen molar-refractivity contribution >= 4 is 28.7 Å². The Labute approximate surface area is 127 Å². The van der Waals surface area contributed by atoms with Crippen molar-refractivity contribution in [3.8, 4) is 11.5 Å². The minimum Gasteiger partial charge on any atom is -0.476 e. The van der Waals surface area contributed by atoms with Crippen LogP contribution in [0.5, 0.6) is 0 Å². The van der Waals surface area contributed by atoms with Crippen LogP contribution >= 0.6 is 11.8 Å². The minimum absolute atomic E-state index is 0.102. The molecule has 0 aliphatic carbocycles. The molecule has 0 saturated carbocycles. The van der Waals surface area contributed by atoms with E-state index in [4.69, 9.17) is 0 Å². The molecule has 0 aromatic heterocycles. The number of aliphatic hydroxyl groups is 1. The molecule has 0 aromatic rings. The number of carbonyl (C=O) groups is 2. The molecule has 2 N–H and O–H groups in total. The smallest absolute Gasteiger partial charge is 0.355 e. The lowest BCUT2D eigenvalue weighted by molar-refractivity contribution is -0.153. The summed E-state index contributed by atoms with van der Waals surface area (Å²) in [5, 5.41) is 18.6. The van der Waals surface area contributed by atoms with Crippen LogP contribution in [0.15, 0.2) is 24.5 Å². The SMILES string of the molecule is O=C(O)C1=C(n2cnc3ncnc-3c2)S[C@@H]2[C@@H](CO)C(=O)N12. The fourth-order valence-corrected chi connectivity index (χ4v) is 4.00. The number of thioether (sulfide) groups is 1. The van der Waals surface area contributed by atoms with Crippen LogP contribution in [0.2, 0.25) is 0 Å². The average molecular weight is 319 g/mol. The van der Waals surface area contributed by atoms with Gasteiger partial charge in [-0.1, -0.05) is 11.8 Å². The molecule has 0 bridgehead atoms. The summed E-state index contributed by atoms with van der Waals surface area (Å²) in [5.41, 5.74) is 0.426. The Kier molecular flexibility index (Phi) is 2.71. The van der Waals surface area contributed by atoms with Gasteiger partial charge in [0.2, 0.25) is 5.91 Å². The Morgan fingerprint density at radius 1 is 1.36 bits per heavy atom. The number of aliphatic carboxylic acids is 1. The number of aromatic nitrogens is 4. The maximum atomic E-state index is 11.9. The van der Waals surface area contributed by atoms with E-state index in [1.54, 1.807) is 6.20 Å². The maximum Gasteiger partial charge on any atom is 0.355 e. The van der Waals surface area contributed by atoms with Crippen LogP contribution in [0.4, 0.5) is 0 Å². The average Bonchev–Trinajstić information content (AvgIpc) is 3.08. The molecule has 1 saturated heterocycles. The Balaban J connectivity index is 1.82. The van der Waals surface area contributed by atoms with Crippen LogP contribution in [0.25, 0.3) is 16.5 Å². The van der Waals surface area contributed by atoms with Crippen molar-refractivity contribution in [2.75, 3.05) is 6.61 Å². The third kappa shape index (κ3) is 1.61. The first-order valence-electron chi connectivity index (χ1n) is 6.35. The van der Waals surface area contributed by atoms with Crippen molar-refractivity contribution in [2.24, 2.45) is 5.92 Å². The molecule has 2 atom stereocenters. The molecule has 112 valence electrons. The van der Waals surface area contributed by atoms with E-state index >= 15 is 0 Å². The Morgan fingerprint density at radius 3 is 2.91 bits per heavy atom. The second kappa shape index (κ2) is 4.52. The number of β-lactam (4-membered cyclic amide) rings is 1. The van der Waals surface area contributed by atoms with Crippen molar-refractivity contribution in [2.45, 2.75) is 5.37 Å². The number of carbonyl (C=O) groups excluding carboxylic acids is 1. The lowest BCUT2D eigenvalue weighted by atomic mass is 9.98. The summed E-state index contributed by atoms with van der Waals surface area (Å²) in [6.07, 6.45) is 4.42. The van der Waals surface area contributed by atoms with E-state index in [1.807, 2.05) is 0 Å². The predicted octanol–water partition coefficient (Wildman–Crippen LogP) is -0.488. The molecular weight excluding hydrogens is 310 g/mol. The van der Waals surface area contributed by atoms with Gasteiger partial charge in [0.05, 0.1) is 12.5 Å². The van der Waals surface area contributed by atoms with Crippen molar-refractivity contribution in [3.05, 3.63) is 24.5 Å². The summed E-state index contributed by atoms with van der Waals surface area (Å²) in [7, 11) is 0. The van der Waals surface area contributed by atoms with E-state index in [-0.39, 0.29) is 18.2 Å². The third-order valence-corrected chi connectivity index (χ3v) is 5.04. The summed E-state index contributed by atoms with van der Waals surface area (Å²) in [6, 6.07) is 0. The highest BCUT2D eigenvalue weighted by Gasteiger charge is 2.56. The van der Waals surface area contributed by atoms with Gasteiger partial charge in [-0.3, -0.25) is 14.3 Å². The number of carboxylic acid groups (broad SMARTS) is 1. The standard InChI is InChI=1S/C12H9N5O4S/c18-2-5-9(19)17-7(12(20)21)11(22-10(5)17)16-1-6-8(15-4-16)14-3-13-6/h1,3-5,10,18H,2H2,(H,20,21)/t5-,10+/m0/s1. The first kappa shape index (κ1) is 13.2. The van der Waals surface area contributed by atoms with E-state index < -0.39 is 17.3 Å². The van der Waals surface area contributed by atoms with Crippen LogP contribution in [0.3, 0.4) is 0 Å². The number of fused-ring (bicyclic) bond motifs is 2. The van der Waals surface area contributed by atoms with Crippen LogP contribution in [0, 0.1) is 5.92 Å².